The maximum Gasteiger partial charge on any atom is 0.344 e. The molecule has 2 aromatic carbocycles. The molecule has 0 aliphatic carbocycles. The Bertz CT molecular complexity index is 746. The molecule has 1 amide bonds. The van der Waals surface area contributed by atoms with E-state index in [1.807, 2.05) is 50.2 Å². The average Bonchev–Trinajstić information content (AvgIpc) is 2.60. The Hall–Kier alpha value is -2.34. The van der Waals surface area contributed by atoms with Crippen molar-refractivity contribution in [1.82, 2.24) is 0 Å². The van der Waals surface area contributed by atoms with E-state index in [9.17, 15) is 9.59 Å². The van der Waals surface area contributed by atoms with Gasteiger partial charge in [-0.25, -0.2) is 4.79 Å². The zero-order chi connectivity index (χ0) is 18.2. The van der Waals surface area contributed by atoms with Crippen LogP contribution in [0.5, 0.6) is 5.75 Å². The molecule has 6 heteroatoms. The number of benzene rings is 2. The monoisotopic (exact) mass is 405 g/mol. The number of carbonyl (C=O) groups is 2. The Morgan fingerprint density at radius 2 is 1.72 bits per heavy atom. The summed E-state index contributed by atoms with van der Waals surface area (Å²) < 4.78 is 11.2. The van der Waals surface area contributed by atoms with Gasteiger partial charge in [0.15, 0.2) is 13.2 Å². The number of carbonyl (C=O) groups excluding carboxylic acids is 2. The number of amides is 1. The van der Waals surface area contributed by atoms with Gasteiger partial charge in [0.05, 0.1) is 5.69 Å². The lowest BCUT2D eigenvalue weighted by Crippen LogP contribution is -2.24. The summed E-state index contributed by atoms with van der Waals surface area (Å²) in [7, 11) is 0. The minimum absolute atomic E-state index is 0.244. The van der Waals surface area contributed by atoms with Crippen molar-refractivity contribution in [3.63, 3.8) is 0 Å². The number of ether oxygens (including phenoxy) is 2. The number of hydrogen-bond donors (Lipinski definition) is 1. The van der Waals surface area contributed by atoms with Crippen molar-refractivity contribution in [3.05, 3.63) is 58.6 Å². The molecule has 0 saturated heterocycles. The first-order valence-electron chi connectivity index (χ1n) is 7.89. The number of rotatable bonds is 7. The summed E-state index contributed by atoms with van der Waals surface area (Å²) in [5.74, 6) is -0.0851. The zero-order valence-electron chi connectivity index (χ0n) is 14.1. The van der Waals surface area contributed by atoms with Crippen molar-refractivity contribution in [1.29, 1.82) is 0 Å². The fraction of sp³-hybridized carbons (Fsp3) is 0.263. The molecule has 132 valence electrons. The van der Waals surface area contributed by atoms with Crippen LogP contribution in [0, 0.1) is 0 Å². The van der Waals surface area contributed by atoms with Gasteiger partial charge in [0, 0.05) is 4.47 Å². The normalized spacial score (nSPS) is 10.4. The first kappa shape index (κ1) is 19.0. The number of hydrogen-bond acceptors (Lipinski definition) is 4. The molecule has 2 rings (SSSR count). The van der Waals surface area contributed by atoms with Crippen LogP contribution in [0.15, 0.2) is 53.0 Å². The van der Waals surface area contributed by atoms with Crippen LogP contribution in [0.4, 0.5) is 5.69 Å². The Labute approximate surface area is 155 Å². The third-order valence-corrected chi connectivity index (χ3v) is 4.09. The lowest BCUT2D eigenvalue weighted by Gasteiger charge is -2.13. The quantitative estimate of drug-likeness (QED) is 0.703. The van der Waals surface area contributed by atoms with Crippen molar-refractivity contribution in [2.75, 3.05) is 18.5 Å². The van der Waals surface area contributed by atoms with E-state index in [0.717, 1.165) is 10.0 Å². The van der Waals surface area contributed by atoms with Crippen LogP contribution < -0.4 is 10.1 Å². The van der Waals surface area contributed by atoms with Crippen LogP contribution in [0.1, 0.15) is 25.3 Å². The second-order valence-electron chi connectivity index (χ2n) is 5.67. The van der Waals surface area contributed by atoms with Gasteiger partial charge in [-0.2, -0.15) is 0 Å². The summed E-state index contributed by atoms with van der Waals surface area (Å²) in [4.78, 5) is 23.6. The minimum atomic E-state index is -0.596. The molecular weight excluding hydrogens is 386 g/mol. The second kappa shape index (κ2) is 9.22. The largest absolute Gasteiger partial charge is 0.482 e. The van der Waals surface area contributed by atoms with Crippen molar-refractivity contribution in [2.24, 2.45) is 0 Å². The first-order valence-corrected chi connectivity index (χ1v) is 8.68. The summed E-state index contributed by atoms with van der Waals surface area (Å²) in [5.41, 5.74) is 1.63. The Kier molecular flexibility index (Phi) is 7.01. The van der Waals surface area contributed by atoms with E-state index >= 15 is 0 Å². The number of nitrogens with one attached hydrogen (secondary N) is 1. The molecule has 0 radical (unpaired) electrons. The molecule has 0 aromatic heterocycles. The third-order valence-electron chi connectivity index (χ3n) is 3.40. The number of halogens is 1. The molecule has 25 heavy (non-hydrogen) atoms. The summed E-state index contributed by atoms with van der Waals surface area (Å²) in [6, 6.07) is 14.7. The lowest BCUT2D eigenvalue weighted by molar-refractivity contribution is -0.149. The molecule has 0 bridgehead atoms. The molecule has 0 aliphatic rings. The maximum atomic E-state index is 11.8. The molecule has 0 aliphatic heterocycles. The highest BCUT2D eigenvalue weighted by molar-refractivity contribution is 9.10. The first-order chi connectivity index (χ1) is 12.0. The van der Waals surface area contributed by atoms with Crippen molar-refractivity contribution < 1.29 is 19.1 Å². The van der Waals surface area contributed by atoms with E-state index in [1.54, 1.807) is 12.1 Å². The van der Waals surface area contributed by atoms with Crippen molar-refractivity contribution in [2.45, 2.75) is 19.8 Å². The van der Waals surface area contributed by atoms with Gasteiger partial charge in [0.2, 0.25) is 0 Å². The summed E-state index contributed by atoms with van der Waals surface area (Å²) >= 11 is 3.33. The van der Waals surface area contributed by atoms with Gasteiger partial charge in [0.25, 0.3) is 5.91 Å². The van der Waals surface area contributed by atoms with E-state index in [2.05, 4.69) is 21.2 Å². The third kappa shape index (κ3) is 5.90. The molecule has 0 saturated carbocycles. The van der Waals surface area contributed by atoms with E-state index in [4.69, 9.17) is 9.47 Å². The van der Waals surface area contributed by atoms with Gasteiger partial charge in [-0.05, 0) is 45.6 Å². The summed E-state index contributed by atoms with van der Waals surface area (Å²) in [6.07, 6.45) is 0. The van der Waals surface area contributed by atoms with E-state index < -0.39 is 11.9 Å². The highest BCUT2D eigenvalue weighted by Crippen LogP contribution is 2.25. The fourth-order valence-corrected chi connectivity index (χ4v) is 2.55. The molecule has 2 aromatic rings. The summed E-state index contributed by atoms with van der Waals surface area (Å²) in [5, 5.41) is 2.66. The SMILES string of the molecule is CC(C)c1ccccc1OCC(=O)OCC(=O)Nc1ccccc1Br. The van der Waals surface area contributed by atoms with Gasteiger partial charge < -0.3 is 14.8 Å². The van der Waals surface area contributed by atoms with Gasteiger partial charge in [-0.1, -0.05) is 44.2 Å². The van der Waals surface area contributed by atoms with Crippen LogP contribution in [-0.4, -0.2) is 25.1 Å². The van der Waals surface area contributed by atoms with Crippen molar-refractivity contribution >= 4 is 33.5 Å². The average molecular weight is 406 g/mol. The Morgan fingerprint density at radius 1 is 1.04 bits per heavy atom. The predicted molar refractivity (Wildman–Crippen MR) is 99.8 cm³/mol. The highest BCUT2D eigenvalue weighted by Gasteiger charge is 2.12. The molecule has 0 heterocycles. The topological polar surface area (TPSA) is 64.6 Å². The lowest BCUT2D eigenvalue weighted by atomic mass is 10.0. The van der Waals surface area contributed by atoms with E-state index in [1.165, 1.54) is 0 Å². The standard InChI is InChI=1S/C19H20BrNO4/c1-13(2)14-7-3-6-10-17(14)24-12-19(23)25-11-18(22)21-16-9-5-4-8-15(16)20/h3-10,13H,11-12H2,1-2H3,(H,21,22). The fourth-order valence-electron chi connectivity index (χ4n) is 2.16. The van der Waals surface area contributed by atoms with E-state index in [0.29, 0.717) is 11.4 Å². The van der Waals surface area contributed by atoms with Crippen molar-refractivity contribution in [3.8, 4) is 5.75 Å². The highest BCUT2D eigenvalue weighted by atomic mass is 79.9. The Morgan fingerprint density at radius 3 is 2.44 bits per heavy atom. The predicted octanol–water partition coefficient (Wildman–Crippen LogP) is 4.13. The molecule has 0 spiro atoms. The van der Waals surface area contributed by atoms with Crippen LogP contribution in [-0.2, 0) is 14.3 Å². The molecule has 5 nitrogen and oxygen atoms in total. The molecule has 0 fully saturated rings. The number of para-hydroxylation sites is 2. The van der Waals surface area contributed by atoms with Gasteiger partial charge in [-0.15, -0.1) is 0 Å². The van der Waals surface area contributed by atoms with Crippen LogP contribution in [0.3, 0.4) is 0 Å². The number of anilines is 1. The molecule has 0 unspecified atom stereocenters. The molecule has 1 N–H and O–H groups in total. The van der Waals surface area contributed by atoms with Crippen LogP contribution in [0.2, 0.25) is 0 Å². The van der Waals surface area contributed by atoms with Gasteiger partial charge >= 0.3 is 5.97 Å². The van der Waals surface area contributed by atoms with Crippen LogP contribution >= 0.6 is 15.9 Å². The summed E-state index contributed by atoms with van der Waals surface area (Å²) in [6.45, 7) is 3.49. The van der Waals surface area contributed by atoms with E-state index in [-0.39, 0.29) is 19.1 Å². The van der Waals surface area contributed by atoms with Gasteiger partial charge in [0.1, 0.15) is 5.75 Å². The minimum Gasteiger partial charge on any atom is -0.482 e. The number of esters is 1. The zero-order valence-corrected chi connectivity index (χ0v) is 15.7. The molecular formula is C19H20BrNO4. The Balaban J connectivity index is 1.79. The molecule has 0 atom stereocenters. The van der Waals surface area contributed by atoms with Crippen LogP contribution in [0.25, 0.3) is 0 Å². The van der Waals surface area contributed by atoms with Gasteiger partial charge in [-0.3, -0.25) is 4.79 Å². The smallest absolute Gasteiger partial charge is 0.344 e. The maximum absolute atomic E-state index is 11.8. The second-order valence-corrected chi connectivity index (χ2v) is 6.52.